The first kappa shape index (κ1) is 21.4. The molecule has 1 fully saturated rings. The molecule has 2 N–H and O–H groups in total. The number of benzene rings is 1. The number of ether oxygens (including phenoxy) is 1. The Labute approximate surface area is 177 Å². The van der Waals surface area contributed by atoms with Crippen LogP contribution in [0.5, 0.6) is 0 Å². The molecule has 0 bridgehead atoms. The molecule has 0 spiro atoms. The van der Waals surface area contributed by atoms with Crippen LogP contribution < -0.4 is 10.6 Å². The minimum atomic E-state index is -0.506. The summed E-state index contributed by atoms with van der Waals surface area (Å²) in [5.41, 5.74) is 2.51. The predicted molar refractivity (Wildman–Crippen MR) is 117 cm³/mol. The number of carbonyl (C=O) groups excluding carboxylic acids is 1. The van der Waals surface area contributed by atoms with Gasteiger partial charge in [0, 0.05) is 25.8 Å². The lowest BCUT2D eigenvalue weighted by atomic mass is 10.0. The molecule has 1 aromatic carbocycles. The molecule has 7 heteroatoms. The molecule has 1 aromatic heterocycles. The summed E-state index contributed by atoms with van der Waals surface area (Å²) in [6, 6.07) is 9.87. The van der Waals surface area contributed by atoms with Crippen molar-refractivity contribution < 1.29 is 9.53 Å². The van der Waals surface area contributed by atoms with Gasteiger partial charge >= 0.3 is 6.09 Å². The smallest absolute Gasteiger partial charge is 0.410 e. The topological polar surface area (TPSA) is 66.5 Å². The van der Waals surface area contributed by atoms with Gasteiger partial charge in [0.15, 0.2) is 0 Å². The van der Waals surface area contributed by atoms with Gasteiger partial charge in [-0.2, -0.15) is 0 Å². The van der Waals surface area contributed by atoms with Gasteiger partial charge in [-0.1, -0.05) is 17.7 Å². The number of amides is 1. The van der Waals surface area contributed by atoms with Gasteiger partial charge < -0.3 is 20.3 Å². The second-order valence-electron chi connectivity index (χ2n) is 8.39. The lowest BCUT2D eigenvalue weighted by Gasteiger charge is -2.37. The van der Waals surface area contributed by atoms with Crippen LogP contribution in [-0.2, 0) is 11.2 Å². The summed E-state index contributed by atoms with van der Waals surface area (Å²) in [7, 11) is 0. The largest absolute Gasteiger partial charge is 0.444 e. The van der Waals surface area contributed by atoms with E-state index in [-0.39, 0.29) is 12.1 Å². The zero-order valence-corrected chi connectivity index (χ0v) is 18.2. The minimum absolute atomic E-state index is 0.0248. The van der Waals surface area contributed by atoms with E-state index in [1.54, 1.807) is 6.20 Å². The highest BCUT2D eigenvalue weighted by molar-refractivity contribution is 6.33. The Kier molecular flexibility index (Phi) is 6.65. The quantitative estimate of drug-likeness (QED) is 0.765. The van der Waals surface area contributed by atoms with Crippen LogP contribution >= 0.6 is 11.6 Å². The number of anilines is 2. The van der Waals surface area contributed by atoms with Gasteiger partial charge in [0.1, 0.15) is 11.4 Å². The van der Waals surface area contributed by atoms with Gasteiger partial charge in [-0.25, -0.2) is 9.78 Å². The average Bonchev–Trinajstić information content (AvgIpc) is 2.63. The molecule has 2 aromatic rings. The second kappa shape index (κ2) is 9.01. The van der Waals surface area contributed by atoms with Crippen LogP contribution in [0.15, 0.2) is 36.5 Å². The highest BCUT2D eigenvalue weighted by Crippen LogP contribution is 2.26. The lowest BCUT2D eigenvalue weighted by Crippen LogP contribution is -2.55. The maximum atomic E-state index is 12.6. The van der Waals surface area contributed by atoms with E-state index in [9.17, 15) is 4.79 Å². The molecule has 1 aliphatic rings. The Hall–Kier alpha value is -2.31. The zero-order valence-electron chi connectivity index (χ0n) is 17.5. The number of aryl methyl sites for hydroxylation is 1. The highest BCUT2D eigenvalue weighted by atomic mass is 35.5. The van der Waals surface area contributed by atoms with Crippen LogP contribution in [0.25, 0.3) is 0 Å². The lowest BCUT2D eigenvalue weighted by molar-refractivity contribution is 0.0122. The molecule has 0 radical (unpaired) electrons. The van der Waals surface area contributed by atoms with Crippen LogP contribution in [0.3, 0.4) is 0 Å². The molecule has 3 rings (SSSR count). The molecule has 0 aliphatic carbocycles. The SMILES string of the molecule is Cc1ccc(Nc2cc(CC3CNCCN3C(=O)OC(C)(C)C)ccn2)c(Cl)c1. The number of hydrogen-bond acceptors (Lipinski definition) is 5. The van der Waals surface area contributed by atoms with E-state index in [0.717, 1.165) is 35.7 Å². The monoisotopic (exact) mass is 416 g/mol. The van der Waals surface area contributed by atoms with Gasteiger partial charge in [0.25, 0.3) is 0 Å². The fourth-order valence-corrected chi connectivity index (χ4v) is 3.59. The number of nitrogens with zero attached hydrogens (tertiary/aromatic N) is 2. The Morgan fingerprint density at radius 1 is 1.34 bits per heavy atom. The number of aromatic nitrogens is 1. The summed E-state index contributed by atoms with van der Waals surface area (Å²) >= 11 is 6.32. The van der Waals surface area contributed by atoms with E-state index in [2.05, 4.69) is 15.6 Å². The summed E-state index contributed by atoms with van der Waals surface area (Å²) in [4.78, 5) is 18.9. The number of hydrogen-bond donors (Lipinski definition) is 2. The van der Waals surface area contributed by atoms with Gasteiger partial charge in [-0.05, 0) is 69.5 Å². The number of carbonyl (C=O) groups is 1. The third-order valence-corrected chi connectivity index (χ3v) is 4.97. The molecule has 1 amide bonds. The first-order valence-electron chi connectivity index (χ1n) is 9.90. The summed E-state index contributed by atoms with van der Waals surface area (Å²) < 4.78 is 5.59. The van der Waals surface area contributed by atoms with Crippen molar-refractivity contribution in [2.75, 3.05) is 25.0 Å². The molecule has 1 saturated heterocycles. The van der Waals surface area contributed by atoms with Crippen molar-refractivity contribution in [3.63, 3.8) is 0 Å². The van der Waals surface area contributed by atoms with E-state index < -0.39 is 5.60 Å². The third kappa shape index (κ3) is 6.08. The molecule has 6 nitrogen and oxygen atoms in total. The van der Waals surface area contributed by atoms with Crippen molar-refractivity contribution in [3.05, 3.63) is 52.7 Å². The molecule has 1 unspecified atom stereocenters. The first-order chi connectivity index (χ1) is 13.7. The van der Waals surface area contributed by atoms with Gasteiger partial charge in [-0.3, -0.25) is 0 Å². The number of halogens is 1. The van der Waals surface area contributed by atoms with Crippen molar-refractivity contribution in [3.8, 4) is 0 Å². The Bertz CT molecular complexity index is 866. The Morgan fingerprint density at radius 3 is 2.86 bits per heavy atom. The van der Waals surface area contributed by atoms with E-state index >= 15 is 0 Å². The highest BCUT2D eigenvalue weighted by Gasteiger charge is 2.30. The fourth-order valence-electron chi connectivity index (χ4n) is 3.31. The standard InChI is InChI=1S/C22H29ClN4O2/c1-15-5-6-19(18(23)11-15)26-20-13-16(7-8-25-20)12-17-14-24-9-10-27(17)21(28)29-22(2,3)4/h5-8,11,13,17,24H,9-10,12,14H2,1-4H3,(H,25,26). The number of nitrogens with one attached hydrogen (secondary N) is 2. The molecular weight excluding hydrogens is 388 g/mol. The zero-order chi connectivity index (χ0) is 21.0. The molecule has 1 aliphatic heterocycles. The van der Waals surface area contributed by atoms with Crippen molar-refractivity contribution in [1.82, 2.24) is 15.2 Å². The maximum absolute atomic E-state index is 12.6. The molecule has 0 saturated carbocycles. The molecule has 156 valence electrons. The van der Waals surface area contributed by atoms with Gasteiger partial charge in [0.2, 0.25) is 0 Å². The van der Waals surface area contributed by atoms with Crippen molar-refractivity contribution in [1.29, 1.82) is 0 Å². The van der Waals surface area contributed by atoms with Crippen LogP contribution in [0.1, 0.15) is 31.9 Å². The normalized spacial score (nSPS) is 17.1. The molecule has 1 atom stereocenters. The minimum Gasteiger partial charge on any atom is -0.444 e. The van der Waals surface area contributed by atoms with Crippen LogP contribution in [-0.4, -0.2) is 47.3 Å². The Morgan fingerprint density at radius 2 is 2.14 bits per heavy atom. The fraction of sp³-hybridized carbons (Fsp3) is 0.455. The maximum Gasteiger partial charge on any atom is 0.410 e. The molecule has 29 heavy (non-hydrogen) atoms. The first-order valence-corrected chi connectivity index (χ1v) is 10.3. The van der Waals surface area contributed by atoms with Gasteiger partial charge in [0.05, 0.1) is 16.8 Å². The summed E-state index contributed by atoms with van der Waals surface area (Å²) in [6.45, 7) is 9.80. The van der Waals surface area contributed by atoms with Crippen molar-refractivity contribution >= 4 is 29.2 Å². The second-order valence-corrected chi connectivity index (χ2v) is 8.80. The molecule has 2 heterocycles. The summed E-state index contributed by atoms with van der Waals surface area (Å²) in [5.74, 6) is 0.723. The van der Waals surface area contributed by atoms with E-state index in [1.165, 1.54) is 0 Å². The average molecular weight is 417 g/mol. The number of piperazine rings is 1. The van der Waals surface area contributed by atoms with E-state index in [1.807, 2.05) is 62.9 Å². The third-order valence-electron chi connectivity index (χ3n) is 4.66. The molecular formula is C22H29ClN4O2. The summed E-state index contributed by atoms with van der Waals surface area (Å²) in [5, 5.41) is 7.31. The van der Waals surface area contributed by atoms with Crippen LogP contribution in [0, 0.1) is 6.92 Å². The Balaban J connectivity index is 1.71. The van der Waals surface area contributed by atoms with Crippen LogP contribution in [0.2, 0.25) is 5.02 Å². The predicted octanol–water partition coefficient (Wildman–Crippen LogP) is 4.54. The number of pyridine rings is 1. The van der Waals surface area contributed by atoms with Crippen LogP contribution in [0.4, 0.5) is 16.3 Å². The van der Waals surface area contributed by atoms with E-state index in [0.29, 0.717) is 18.0 Å². The van der Waals surface area contributed by atoms with E-state index in [4.69, 9.17) is 16.3 Å². The van der Waals surface area contributed by atoms with Crippen molar-refractivity contribution in [2.45, 2.75) is 45.8 Å². The summed E-state index contributed by atoms with van der Waals surface area (Å²) in [6.07, 6.45) is 2.22. The van der Waals surface area contributed by atoms with Gasteiger partial charge in [-0.15, -0.1) is 0 Å². The number of rotatable bonds is 4. The van der Waals surface area contributed by atoms with Crippen molar-refractivity contribution in [2.24, 2.45) is 0 Å².